The fourth-order valence-corrected chi connectivity index (χ4v) is 6.66. The van der Waals surface area contributed by atoms with Crippen LogP contribution in [0.15, 0.2) is 58.4 Å². The SMILES string of the molecule is Cc1nc(NS(=O)(=O)c2cccc(C#N)c2)ccc1-c1cc2cnc(NC3CCC(N(C)C)CC3)nc2n(C(C)C)c1=O. The van der Waals surface area contributed by atoms with Gasteiger partial charge in [-0.15, -0.1) is 0 Å². The minimum Gasteiger partial charge on any atom is -0.351 e. The number of hydrogen-bond acceptors (Lipinski definition) is 9. The molecule has 0 bridgehead atoms. The molecule has 0 aliphatic heterocycles. The van der Waals surface area contributed by atoms with Gasteiger partial charge in [-0.1, -0.05) is 6.07 Å². The highest BCUT2D eigenvalue weighted by Crippen LogP contribution is 2.28. The minimum absolute atomic E-state index is 0.0421. The third-order valence-electron chi connectivity index (χ3n) is 7.94. The van der Waals surface area contributed by atoms with Gasteiger partial charge in [0.25, 0.3) is 15.6 Å². The number of aryl methyl sites for hydroxylation is 1. The summed E-state index contributed by atoms with van der Waals surface area (Å²) in [7, 11) is 0.272. The lowest BCUT2D eigenvalue weighted by Crippen LogP contribution is -2.36. The Hall–Kier alpha value is -4.34. The van der Waals surface area contributed by atoms with Crippen LogP contribution in [0.25, 0.3) is 22.2 Å². The van der Waals surface area contributed by atoms with Crippen molar-refractivity contribution in [1.29, 1.82) is 5.26 Å². The minimum atomic E-state index is -3.97. The molecule has 5 rings (SSSR count). The summed E-state index contributed by atoms with van der Waals surface area (Å²) in [6.07, 6.45) is 6.02. The molecular weight excluding hydrogens is 564 g/mol. The average molecular weight is 601 g/mol. The van der Waals surface area contributed by atoms with Crippen LogP contribution in [0.1, 0.15) is 56.8 Å². The van der Waals surface area contributed by atoms with E-state index in [1.165, 1.54) is 30.3 Å². The molecule has 4 aromatic rings. The summed E-state index contributed by atoms with van der Waals surface area (Å²) < 4.78 is 30.0. The van der Waals surface area contributed by atoms with E-state index in [1.54, 1.807) is 29.8 Å². The summed E-state index contributed by atoms with van der Waals surface area (Å²) in [4.78, 5) is 29.9. The highest BCUT2D eigenvalue weighted by molar-refractivity contribution is 7.92. The van der Waals surface area contributed by atoms with E-state index in [1.807, 2.05) is 19.9 Å². The number of rotatable bonds is 8. The summed E-state index contributed by atoms with van der Waals surface area (Å²) in [5.74, 6) is 0.615. The third kappa shape index (κ3) is 6.38. The van der Waals surface area contributed by atoms with E-state index in [4.69, 9.17) is 10.2 Å². The van der Waals surface area contributed by atoms with Gasteiger partial charge in [0.1, 0.15) is 11.5 Å². The largest absolute Gasteiger partial charge is 0.351 e. The summed E-state index contributed by atoms with van der Waals surface area (Å²) in [6.45, 7) is 5.60. The quantitative estimate of drug-likeness (QED) is 0.294. The van der Waals surface area contributed by atoms with Crippen LogP contribution >= 0.6 is 0 Å². The van der Waals surface area contributed by atoms with Gasteiger partial charge in [-0.05, 0) is 96.9 Å². The number of hydrogen-bond donors (Lipinski definition) is 2. The molecule has 0 amide bonds. The second kappa shape index (κ2) is 12.1. The molecule has 224 valence electrons. The zero-order chi connectivity index (χ0) is 30.9. The first-order valence-electron chi connectivity index (χ1n) is 14.3. The Labute approximate surface area is 251 Å². The molecule has 1 aliphatic carbocycles. The first-order chi connectivity index (χ1) is 20.5. The van der Waals surface area contributed by atoms with Crippen LogP contribution in [0, 0.1) is 18.3 Å². The van der Waals surface area contributed by atoms with Crippen molar-refractivity contribution < 1.29 is 8.42 Å². The number of benzene rings is 1. The van der Waals surface area contributed by atoms with Gasteiger partial charge in [0, 0.05) is 46.5 Å². The Morgan fingerprint density at radius 3 is 2.44 bits per heavy atom. The molecule has 0 spiro atoms. The van der Waals surface area contributed by atoms with Gasteiger partial charge in [0.05, 0.1) is 16.5 Å². The van der Waals surface area contributed by atoms with E-state index in [0.29, 0.717) is 39.8 Å². The molecule has 1 aromatic carbocycles. The van der Waals surface area contributed by atoms with E-state index < -0.39 is 10.0 Å². The van der Waals surface area contributed by atoms with E-state index in [-0.39, 0.29) is 33.9 Å². The Kier molecular flexibility index (Phi) is 8.48. The van der Waals surface area contributed by atoms with Crippen molar-refractivity contribution >= 4 is 32.8 Å². The predicted octanol–water partition coefficient (Wildman–Crippen LogP) is 4.70. The third-order valence-corrected chi connectivity index (χ3v) is 9.29. The van der Waals surface area contributed by atoms with E-state index in [2.05, 4.69) is 39.0 Å². The van der Waals surface area contributed by atoms with Crippen molar-refractivity contribution in [2.75, 3.05) is 24.1 Å². The molecule has 0 atom stereocenters. The Morgan fingerprint density at radius 1 is 1.05 bits per heavy atom. The lowest BCUT2D eigenvalue weighted by Gasteiger charge is -2.33. The van der Waals surface area contributed by atoms with Crippen LogP contribution in [-0.4, -0.2) is 59.0 Å². The van der Waals surface area contributed by atoms with Gasteiger partial charge in [0.15, 0.2) is 0 Å². The summed E-state index contributed by atoms with van der Waals surface area (Å²) >= 11 is 0. The number of sulfonamides is 1. The number of aromatic nitrogens is 4. The molecule has 1 aliphatic rings. The summed E-state index contributed by atoms with van der Waals surface area (Å²) in [6, 6.07) is 13.4. The Bertz CT molecular complexity index is 1870. The van der Waals surface area contributed by atoms with Crippen molar-refractivity contribution in [3.63, 3.8) is 0 Å². The van der Waals surface area contributed by atoms with Crippen LogP contribution < -0.4 is 15.6 Å². The van der Waals surface area contributed by atoms with Crippen molar-refractivity contribution in [3.05, 3.63) is 70.3 Å². The van der Waals surface area contributed by atoms with Crippen LogP contribution in [-0.2, 0) is 10.0 Å². The number of pyridine rings is 2. The highest BCUT2D eigenvalue weighted by Gasteiger charge is 2.24. The van der Waals surface area contributed by atoms with Crippen molar-refractivity contribution in [1.82, 2.24) is 24.4 Å². The molecular formula is C31H36N8O3S. The van der Waals surface area contributed by atoms with Crippen molar-refractivity contribution in [2.45, 2.75) is 69.5 Å². The lowest BCUT2D eigenvalue weighted by molar-refractivity contribution is 0.221. The van der Waals surface area contributed by atoms with Gasteiger partial charge in [-0.3, -0.25) is 14.1 Å². The molecule has 3 heterocycles. The molecule has 1 fully saturated rings. The standard InChI is InChI=1S/C31H36N8O3S/c1-19(2)39-29-22(18-33-31(36-29)35-23-9-11-24(12-10-23)38(4)5)16-27(30(39)40)26-13-14-28(34-20(26)3)37-43(41,42)25-8-6-7-21(15-25)17-32/h6-8,13-16,18-19,23-24H,9-12H2,1-5H3,(H,34,37)(H,33,35,36). The molecule has 0 radical (unpaired) electrons. The first-order valence-corrected chi connectivity index (χ1v) is 15.8. The summed E-state index contributed by atoms with van der Waals surface area (Å²) in [5, 5.41) is 13.3. The van der Waals surface area contributed by atoms with E-state index >= 15 is 0 Å². The topological polar surface area (TPSA) is 146 Å². The molecule has 11 nitrogen and oxygen atoms in total. The van der Waals surface area contributed by atoms with Crippen molar-refractivity contribution in [2.24, 2.45) is 0 Å². The zero-order valence-corrected chi connectivity index (χ0v) is 25.8. The van der Waals surface area contributed by atoms with E-state index in [0.717, 1.165) is 25.7 Å². The van der Waals surface area contributed by atoms with Crippen molar-refractivity contribution in [3.8, 4) is 17.2 Å². The number of anilines is 2. The number of nitrogens with one attached hydrogen (secondary N) is 2. The fraction of sp³-hybridized carbons (Fsp3) is 0.387. The monoisotopic (exact) mass is 600 g/mol. The van der Waals surface area contributed by atoms with E-state index in [9.17, 15) is 13.2 Å². The lowest BCUT2D eigenvalue weighted by atomic mass is 9.91. The predicted molar refractivity (Wildman–Crippen MR) is 167 cm³/mol. The molecule has 0 saturated heterocycles. The Morgan fingerprint density at radius 2 is 1.79 bits per heavy atom. The molecule has 3 aromatic heterocycles. The van der Waals surface area contributed by atoms with Gasteiger partial charge < -0.3 is 10.2 Å². The highest BCUT2D eigenvalue weighted by atomic mass is 32.2. The van der Waals surface area contributed by atoms with Gasteiger partial charge in [-0.2, -0.15) is 10.2 Å². The maximum absolute atomic E-state index is 13.8. The fourth-order valence-electron chi connectivity index (χ4n) is 5.61. The Balaban J connectivity index is 1.44. The molecule has 2 N–H and O–H groups in total. The smallest absolute Gasteiger partial charge is 0.263 e. The van der Waals surface area contributed by atoms with Crippen LogP contribution in [0.4, 0.5) is 11.8 Å². The number of fused-ring (bicyclic) bond motifs is 1. The van der Waals surface area contributed by atoms with Gasteiger partial charge >= 0.3 is 0 Å². The normalized spacial score (nSPS) is 17.3. The first kappa shape index (κ1) is 30.1. The molecule has 0 unspecified atom stereocenters. The number of nitrogens with zero attached hydrogens (tertiary/aromatic N) is 6. The van der Waals surface area contributed by atoms with Gasteiger partial charge in [0.2, 0.25) is 5.95 Å². The molecule has 43 heavy (non-hydrogen) atoms. The number of nitriles is 1. The van der Waals surface area contributed by atoms with Gasteiger partial charge in [-0.25, -0.2) is 18.4 Å². The second-order valence-corrected chi connectivity index (χ2v) is 13.2. The maximum atomic E-state index is 13.8. The van der Waals surface area contributed by atoms with Crippen LogP contribution in [0.2, 0.25) is 0 Å². The second-order valence-electron chi connectivity index (χ2n) is 11.5. The zero-order valence-electron chi connectivity index (χ0n) is 25.0. The van der Waals surface area contributed by atoms with Crippen LogP contribution in [0.5, 0.6) is 0 Å². The average Bonchev–Trinajstić information content (AvgIpc) is 2.97. The van der Waals surface area contributed by atoms with Crippen LogP contribution in [0.3, 0.4) is 0 Å². The molecule has 1 saturated carbocycles. The molecule has 12 heteroatoms. The maximum Gasteiger partial charge on any atom is 0.263 e. The summed E-state index contributed by atoms with van der Waals surface area (Å²) in [5.41, 5.74) is 2.05.